The second-order valence-corrected chi connectivity index (χ2v) is 7.32. The average Bonchev–Trinajstić information content (AvgIpc) is 3.19. The molecule has 3 aromatic rings. The molecule has 26 heavy (non-hydrogen) atoms. The Morgan fingerprint density at radius 1 is 1.19 bits per heavy atom. The number of para-hydroxylation sites is 1. The van der Waals surface area contributed by atoms with Gasteiger partial charge in [-0.05, 0) is 55.8 Å². The Kier molecular flexibility index (Phi) is 5.03. The molecule has 2 heterocycles. The molecule has 1 aromatic carbocycles. The van der Waals surface area contributed by atoms with Crippen LogP contribution in [0.1, 0.15) is 46.0 Å². The van der Waals surface area contributed by atoms with Crippen molar-refractivity contribution in [2.45, 2.75) is 38.1 Å². The third-order valence-corrected chi connectivity index (χ3v) is 5.16. The quantitative estimate of drug-likeness (QED) is 0.530. The van der Waals surface area contributed by atoms with Crippen LogP contribution in [-0.4, -0.2) is 42.0 Å². The molecule has 134 valence electrons. The van der Waals surface area contributed by atoms with E-state index in [-0.39, 0.29) is 11.6 Å². The fourth-order valence-electron chi connectivity index (χ4n) is 2.92. The summed E-state index contributed by atoms with van der Waals surface area (Å²) in [5.74, 6) is -0.144. The fraction of sp³-hybridized carbons (Fsp3) is 0.278. The van der Waals surface area contributed by atoms with E-state index in [0.717, 1.165) is 5.69 Å². The van der Waals surface area contributed by atoms with Gasteiger partial charge in [-0.3, -0.25) is 9.59 Å². The summed E-state index contributed by atoms with van der Waals surface area (Å²) in [5.41, 5.74) is 3.27. The van der Waals surface area contributed by atoms with Crippen LogP contribution in [0.5, 0.6) is 0 Å². The number of carbonyl (C=O) groups excluding carboxylic acids is 2. The number of hydrogen-bond donors (Lipinski definition) is 1. The van der Waals surface area contributed by atoms with Gasteiger partial charge in [0, 0.05) is 11.3 Å². The number of nitrogens with one attached hydrogen (secondary N) is 1. The topological polar surface area (TPSA) is 93.5 Å². The Balaban J connectivity index is 1.85. The van der Waals surface area contributed by atoms with Crippen LogP contribution < -0.4 is 0 Å². The third kappa shape index (κ3) is 3.32. The van der Waals surface area contributed by atoms with E-state index in [9.17, 15) is 9.59 Å². The van der Waals surface area contributed by atoms with Gasteiger partial charge in [-0.25, -0.2) is 0 Å². The second kappa shape index (κ2) is 7.25. The maximum absolute atomic E-state index is 12.9. The lowest BCUT2D eigenvalue weighted by atomic mass is 10.0. The summed E-state index contributed by atoms with van der Waals surface area (Å²) in [7, 11) is 0. The molecule has 0 saturated carbocycles. The van der Waals surface area contributed by atoms with Crippen LogP contribution in [0.2, 0.25) is 0 Å². The van der Waals surface area contributed by atoms with Crippen molar-refractivity contribution in [3.63, 3.8) is 0 Å². The van der Waals surface area contributed by atoms with Crippen molar-refractivity contribution in [3.8, 4) is 5.69 Å². The second-order valence-electron chi connectivity index (χ2n) is 6.01. The molecule has 7 nitrogen and oxygen atoms in total. The minimum Gasteiger partial charge on any atom is -0.355 e. The molecule has 8 heteroatoms. The van der Waals surface area contributed by atoms with Crippen molar-refractivity contribution in [2.24, 2.45) is 0 Å². The Labute approximate surface area is 155 Å². The van der Waals surface area contributed by atoms with Crippen molar-refractivity contribution in [1.82, 2.24) is 25.2 Å². The maximum Gasteiger partial charge on any atom is 0.214 e. The first-order valence-electron chi connectivity index (χ1n) is 8.15. The van der Waals surface area contributed by atoms with E-state index in [0.29, 0.717) is 27.7 Å². The van der Waals surface area contributed by atoms with E-state index < -0.39 is 5.25 Å². The monoisotopic (exact) mass is 369 g/mol. The van der Waals surface area contributed by atoms with Gasteiger partial charge in [-0.2, -0.15) is 4.68 Å². The molecule has 0 amide bonds. The summed E-state index contributed by atoms with van der Waals surface area (Å²) in [5, 5.41) is 11.9. The predicted molar refractivity (Wildman–Crippen MR) is 99.1 cm³/mol. The number of ketones is 2. The number of aryl methyl sites for hydroxylation is 1. The number of Topliss-reactive ketones (excluding diaryl/α,β-unsaturated/α-hetero) is 2. The minimum atomic E-state index is -0.417. The first-order chi connectivity index (χ1) is 12.4. The van der Waals surface area contributed by atoms with Gasteiger partial charge in [0.15, 0.2) is 11.6 Å². The molecule has 0 aliphatic rings. The van der Waals surface area contributed by atoms with Crippen molar-refractivity contribution in [2.75, 3.05) is 0 Å². The van der Waals surface area contributed by atoms with Gasteiger partial charge in [0.25, 0.3) is 0 Å². The van der Waals surface area contributed by atoms with Crippen molar-refractivity contribution < 1.29 is 9.59 Å². The molecule has 3 rings (SSSR count). The number of H-pyrrole nitrogens is 1. The van der Waals surface area contributed by atoms with Crippen LogP contribution in [0.15, 0.2) is 35.5 Å². The lowest BCUT2D eigenvalue weighted by Gasteiger charge is -2.10. The number of aromatic nitrogens is 5. The summed E-state index contributed by atoms with van der Waals surface area (Å²) in [6, 6.07) is 9.49. The Morgan fingerprint density at radius 2 is 1.88 bits per heavy atom. The number of aromatic amines is 1. The molecule has 1 atom stereocenters. The largest absolute Gasteiger partial charge is 0.355 e. The smallest absolute Gasteiger partial charge is 0.214 e. The highest BCUT2D eigenvalue weighted by molar-refractivity contribution is 8.00. The molecule has 1 N–H and O–H groups in total. The Morgan fingerprint density at radius 3 is 2.50 bits per heavy atom. The van der Waals surface area contributed by atoms with Crippen LogP contribution in [-0.2, 0) is 0 Å². The summed E-state index contributed by atoms with van der Waals surface area (Å²) < 4.78 is 1.60. The summed E-state index contributed by atoms with van der Waals surface area (Å²) in [4.78, 5) is 27.7. The number of carbonyl (C=O) groups is 2. The van der Waals surface area contributed by atoms with Gasteiger partial charge in [0.1, 0.15) is 0 Å². The van der Waals surface area contributed by atoms with Crippen molar-refractivity contribution >= 4 is 23.3 Å². The number of nitrogens with zero attached hydrogens (tertiary/aromatic N) is 4. The molecule has 0 fully saturated rings. The highest BCUT2D eigenvalue weighted by atomic mass is 32.2. The summed E-state index contributed by atoms with van der Waals surface area (Å²) in [6.07, 6.45) is 0. The van der Waals surface area contributed by atoms with Crippen molar-refractivity contribution in [1.29, 1.82) is 0 Å². The first kappa shape index (κ1) is 18.1. The van der Waals surface area contributed by atoms with Gasteiger partial charge in [0.05, 0.1) is 16.6 Å². The molecule has 0 aliphatic heterocycles. The van der Waals surface area contributed by atoms with Crippen LogP contribution >= 0.6 is 11.8 Å². The lowest BCUT2D eigenvalue weighted by molar-refractivity contribution is 0.0988. The standard InChI is InChI=1S/C18H19N5O2S/c1-10-15(12(3)24)11(2)19-16(10)17(25)13(4)26-18-20-21-22-23(18)14-8-6-5-7-9-14/h5-9,13,19H,1-4H3. The number of thioether (sulfide) groups is 1. The van der Waals surface area contributed by atoms with E-state index in [1.807, 2.05) is 30.3 Å². The van der Waals surface area contributed by atoms with E-state index in [4.69, 9.17) is 0 Å². The lowest BCUT2D eigenvalue weighted by Crippen LogP contribution is -2.16. The Hall–Kier alpha value is -2.74. The summed E-state index contributed by atoms with van der Waals surface area (Å²) in [6.45, 7) is 6.90. The maximum atomic E-state index is 12.9. The van der Waals surface area contributed by atoms with Gasteiger partial charge < -0.3 is 4.98 Å². The van der Waals surface area contributed by atoms with Gasteiger partial charge in [0.2, 0.25) is 5.16 Å². The first-order valence-corrected chi connectivity index (χ1v) is 9.03. The van der Waals surface area contributed by atoms with Gasteiger partial charge >= 0.3 is 0 Å². The molecular weight excluding hydrogens is 350 g/mol. The van der Waals surface area contributed by atoms with E-state index >= 15 is 0 Å². The molecule has 0 spiro atoms. The molecule has 1 unspecified atom stereocenters. The van der Waals surface area contributed by atoms with Crippen LogP contribution in [0.3, 0.4) is 0 Å². The van der Waals surface area contributed by atoms with Crippen LogP contribution in [0.4, 0.5) is 0 Å². The number of rotatable bonds is 6. The number of benzene rings is 1. The third-order valence-electron chi connectivity index (χ3n) is 4.13. The summed E-state index contributed by atoms with van der Waals surface area (Å²) >= 11 is 1.28. The highest BCUT2D eigenvalue weighted by Crippen LogP contribution is 2.27. The Bertz CT molecular complexity index is 961. The molecular formula is C18H19N5O2S. The highest BCUT2D eigenvalue weighted by Gasteiger charge is 2.26. The zero-order valence-corrected chi connectivity index (χ0v) is 15.8. The SMILES string of the molecule is CC(=O)c1c(C)[nH]c(C(=O)C(C)Sc2nnnn2-c2ccccc2)c1C. The molecule has 2 aromatic heterocycles. The average molecular weight is 369 g/mol. The molecule has 0 radical (unpaired) electrons. The molecule has 0 aliphatic carbocycles. The zero-order chi connectivity index (χ0) is 18.8. The van der Waals surface area contributed by atoms with Crippen molar-refractivity contribution in [3.05, 3.63) is 52.8 Å². The van der Waals surface area contributed by atoms with E-state index in [1.165, 1.54) is 18.7 Å². The fourth-order valence-corrected chi connectivity index (χ4v) is 3.79. The zero-order valence-electron chi connectivity index (χ0n) is 15.0. The van der Waals surface area contributed by atoms with E-state index in [2.05, 4.69) is 20.5 Å². The normalized spacial score (nSPS) is 12.2. The number of hydrogen-bond acceptors (Lipinski definition) is 6. The molecule has 0 bridgehead atoms. The molecule has 0 saturated heterocycles. The predicted octanol–water partition coefficient (Wildman–Crippen LogP) is 3.17. The minimum absolute atomic E-state index is 0.0522. The van der Waals surface area contributed by atoms with E-state index in [1.54, 1.807) is 25.5 Å². The number of tetrazole rings is 1. The van der Waals surface area contributed by atoms with Gasteiger partial charge in [-0.15, -0.1) is 5.10 Å². The van der Waals surface area contributed by atoms with Gasteiger partial charge in [-0.1, -0.05) is 30.0 Å². The van der Waals surface area contributed by atoms with Crippen LogP contribution in [0, 0.1) is 13.8 Å². The van der Waals surface area contributed by atoms with Crippen LogP contribution in [0.25, 0.3) is 5.69 Å².